The summed E-state index contributed by atoms with van der Waals surface area (Å²) >= 11 is 0. The van der Waals surface area contributed by atoms with Crippen molar-refractivity contribution in [1.29, 1.82) is 0 Å². The molecule has 1 N–H and O–H groups in total. The van der Waals surface area contributed by atoms with Gasteiger partial charge >= 0.3 is 0 Å². The number of nitrogens with one attached hydrogen (secondary N) is 1. The average Bonchev–Trinajstić information content (AvgIpc) is 2.82. The van der Waals surface area contributed by atoms with Crippen molar-refractivity contribution in [2.45, 2.75) is 54.5 Å². The lowest BCUT2D eigenvalue weighted by atomic mass is 9.95. The van der Waals surface area contributed by atoms with Crippen LogP contribution < -0.4 is 5.32 Å². The van der Waals surface area contributed by atoms with Crippen LogP contribution in [-0.4, -0.2) is 58.0 Å². The Hall–Kier alpha value is -2.34. The largest absolute Gasteiger partial charge is 0.351 e. The normalized spacial score (nSPS) is 15.6. The molecule has 0 spiro atoms. The molecule has 11 heteroatoms. The van der Waals surface area contributed by atoms with E-state index in [2.05, 4.69) is 5.32 Å². The van der Waals surface area contributed by atoms with E-state index in [0.717, 1.165) is 35.7 Å². The van der Waals surface area contributed by atoms with E-state index in [0.29, 0.717) is 18.4 Å². The molecule has 1 aliphatic rings. The predicted octanol–water partition coefficient (Wildman–Crippen LogP) is 2.72. The standard InChI is InChI=1S/C23H30FN3O5S2/c1-26(2)33(29,30)21-12-8-18(9-13-21)16-25-23(28)17-27(20-6-4-3-5-7-20)34(31,32)22-14-10-19(24)11-15-22/h8-15,20H,3-7,16-17H2,1-2H3,(H,25,28). The van der Waals surface area contributed by atoms with Crippen molar-refractivity contribution >= 4 is 26.0 Å². The van der Waals surface area contributed by atoms with Crippen molar-refractivity contribution in [2.75, 3.05) is 20.6 Å². The molecule has 2 aromatic carbocycles. The third-order valence-corrected chi connectivity index (χ3v) is 9.64. The van der Waals surface area contributed by atoms with Crippen LogP contribution in [0.1, 0.15) is 37.7 Å². The molecule has 3 rings (SSSR count). The number of carbonyl (C=O) groups is 1. The fourth-order valence-electron chi connectivity index (χ4n) is 3.91. The predicted molar refractivity (Wildman–Crippen MR) is 126 cm³/mol. The summed E-state index contributed by atoms with van der Waals surface area (Å²) in [7, 11) is -4.65. The highest BCUT2D eigenvalue weighted by molar-refractivity contribution is 7.89. The first-order valence-electron chi connectivity index (χ1n) is 11.1. The van der Waals surface area contributed by atoms with Crippen LogP contribution >= 0.6 is 0 Å². The molecule has 1 fully saturated rings. The van der Waals surface area contributed by atoms with E-state index in [9.17, 15) is 26.0 Å². The number of rotatable bonds is 9. The number of halogens is 1. The summed E-state index contributed by atoms with van der Waals surface area (Å²) in [6.45, 7) is -0.228. The quantitative estimate of drug-likeness (QED) is 0.558. The molecule has 0 heterocycles. The second-order valence-corrected chi connectivity index (χ2v) is 12.5. The molecule has 34 heavy (non-hydrogen) atoms. The van der Waals surface area contributed by atoms with Crippen LogP contribution in [0.25, 0.3) is 0 Å². The van der Waals surface area contributed by atoms with Gasteiger partial charge in [0.2, 0.25) is 26.0 Å². The van der Waals surface area contributed by atoms with Gasteiger partial charge < -0.3 is 5.32 Å². The molecule has 8 nitrogen and oxygen atoms in total. The van der Waals surface area contributed by atoms with Gasteiger partial charge in [-0.1, -0.05) is 31.4 Å². The molecule has 0 bridgehead atoms. The van der Waals surface area contributed by atoms with Crippen molar-refractivity contribution in [3.63, 3.8) is 0 Å². The van der Waals surface area contributed by atoms with Gasteiger partial charge in [0.25, 0.3) is 0 Å². The van der Waals surface area contributed by atoms with Gasteiger partial charge in [-0.15, -0.1) is 0 Å². The lowest BCUT2D eigenvalue weighted by Gasteiger charge is -2.33. The number of benzene rings is 2. The molecular formula is C23H30FN3O5S2. The van der Waals surface area contributed by atoms with Crippen molar-refractivity contribution in [1.82, 2.24) is 13.9 Å². The third kappa shape index (κ3) is 6.21. The van der Waals surface area contributed by atoms with Crippen molar-refractivity contribution < 1.29 is 26.0 Å². The highest BCUT2D eigenvalue weighted by Crippen LogP contribution is 2.28. The van der Waals surface area contributed by atoms with Gasteiger partial charge in [0.1, 0.15) is 5.82 Å². The maximum Gasteiger partial charge on any atom is 0.243 e. The number of hydrogen-bond donors (Lipinski definition) is 1. The zero-order valence-electron chi connectivity index (χ0n) is 19.3. The molecule has 1 amide bonds. The molecule has 1 aliphatic carbocycles. The number of hydrogen-bond acceptors (Lipinski definition) is 5. The van der Waals surface area contributed by atoms with Gasteiger partial charge in [0, 0.05) is 26.7 Å². The van der Waals surface area contributed by atoms with Crippen molar-refractivity contribution in [3.05, 3.63) is 59.9 Å². The monoisotopic (exact) mass is 511 g/mol. The van der Waals surface area contributed by atoms with Gasteiger partial charge in [-0.25, -0.2) is 25.5 Å². The van der Waals surface area contributed by atoms with E-state index < -0.39 is 31.8 Å². The van der Waals surface area contributed by atoms with Crippen molar-refractivity contribution in [3.8, 4) is 0 Å². The minimum atomic E-state index is -3.99. The molecule has 0 unspecified atom stereocenters. The van der Waals surface area contributed by atoms with Crippen LogP contribution in [0.4, 0.5) is 4.39 Å². The van der Waals surface area contributed by atoms with Gasteiger partial charge in [-0.2, -0.15) is 4.31 Å². The topological polar surface area (TPSA) is 104 Å². The minimum absolute atomic E-state index is 0.0510. The van der Waals surface area contributed by atoms with E-state index >= 15 is 0 Å². The Labute approximate surface area is 200 Å². The zero-order chi connectivity index (χ0) is 24.9. The van der Waals surface area contributed by atoms with E-state index in [1.165, 1.54) is 42.7 Å². The summed E-state index contributed by atoms with van der Waals surface area (Å²) in [5.74, 6) is -1.01. The van der Waals surface area contributed by atoms with Crippen molar-refractivity contribution in [2.24, 2.45) is 0 Å². The zero-order valence-corrected chi connectivity index (χ0v) is 20.9. The van der Waals surface area contributed by atoms with Gasteiger partial charge in [0.15, 0.2) is 0 Å². The SMILES string of the molecule is CN(C)S(=O)(=O)c1ccc(CNC(=O)CN(C2CCCCC2)S(=O)(=O)c2ccc(F)cc2)cc1. The van der Waals surface area contributed by atoms with E-state index in [1.54, 1.807) is 12.1 Å². The number of amides is 1. The number of sulfonamides is 2. The highest BCUT2D eigenvalue weighted by Gasteiger charge is 2.34. The Morgan fingerprint density at radius 2 is 1.41 bits per heavy atom. The number of nitrogens with zero attached hydrogens (tertiary/aromatic N) is 2. The van der Waals surface area contributed by atoms with Crippen LogP contribution in [0, 0.1) is 5.82 Å². The summed E-state index contributed by atoms with van der Waals surface area (Å²) in [6.07, 6.45) is 4.10. The average molecular weight is 512 g/mol. The third-order valence-electron chi connectivity index (χ3n) is 5.89. The van der Waals surface area contributed by atoms with Crippen LogP contribution in [0.5, 0.6) is 0 Å². The molecule has 0 aliphatic heterocycles. The highest BCUT2D eigenvalue weighted by atomic mass is 32.2. The lowest BCUT2D eigenvalue weighted by Crippen LogP contribution is -2.46. The first-order valence-corrected chi connectivity index (χ1v) is 14.0. The minimum Gasteiger partial charge on any atom is -0.351 e. The number of carbonyl (C=O) groups excluding carboxylic acids is 1. The fraction of sp³-hybridized carbons (Fsp3) is 0.435. The van der Waals surface area contributed by atoms with E-state index in [-0.39, 0.29) is 28.9 Å². The summed E-state index contributed by atoms with van der Waals surface area (Å²) < 4.78 is 66.6. The van der Waals surface area contributed by atoms with E-state index in [1.807, 2.05) is 0 Å². The fourth-order valence-corrected chi connectivity index (χ4v) is 6.45. The maximum absolute atomic E-state index is 13.3. The van der Waals surface area contributed by atoms with Crippen LogP contribution in [-0.2, 0) is 31.4 Å². The summed E-state index contributed by atoms with van der Waals surface area (Å²) in [5.41, 5.74) is 0.677. The smallest absolute Gasteiger partial charge is 0.243 e. The Kier molecular flexibility index (Phi) is 8.45. The molecule has 0 radical (unpaired) electrons. The molecule has 0 atom stereocenters. The summed E-state index contributed by atoms with van der Waals surface area (Å²) in [6, 6.07) is 10.4. The van der Waals surface area contributed by atoms with Gasteiger partial charge in [-0.05, 0) is 54.8 Å². The van der Waals surface area contributed by atoms with Crippen LogP contribution in [0.2, 0.25) is 0 Å². The Morgan fingerprint density at radius 3 is 1.97 bits per heavy atom. The molecule has 2 aromatic rings. The molecule has 0 saturated heterocycles. The summed E-state index contributed by atoms with van der Waals surface area (Å²) in [5, 5.41) is 2.72. The first kappa shape index (κ1) is 26.3. The van der Waals surface area contributed by atoms with Gasteiger partial charge in [-0.3, -0.25) is 4.79 Å². The second-order valence-electron chi connectivity index (χ2n) is 8.50. The van der Waals surface area contributed by atoms with Crippen LogP contribution in [0.3, 0.4) is 0 Å². The van der Waals surface area contributed by atoms with Gasteiger partial charge in [0.05, 0.1) is 16.3 Å². The van der Waals surface area contributed by atoms with E-state index in [4.69, 9.17) is 0 Å². The first-order chi connectivity index (χ1) is 16.0. The molecular weight excluding hydrogens is 481 g/mol. The maximum atomic E-state index is 13.3. The Morgan fingerprint density at radius 1 is 0.882 bits per heavy atom. The lowest BCUT2D eigenvalue weighted by molar-refractivity contribution is -0.121. The van der Waals surface area contributed by atoms with Crippen LogP contribution in [0.15, 0.2) is 58.3 Å². The Balaban J connectivity index is 1.71. The second kappa shape index (κ2) is 10.9. The Bertz CT molecular complexity index is 1190. The molecule has 0 aromatic heterocycles. The summed E-state index contributed by atoms with van der Waals surface area (Å²) in [4.78, 5) is 12.8. The molecule has 1 saturated carbocycles. The molecule has 186 valence electrons.